The van der Waals surface area contributed by atoms with E-state index in [4.69, 9.17) is 9.40 Å². The highest BCUT2D eigenvalue weighted by Crippen LogP contribution is 2.36. The van der Waals surface area contributed by atoms with E-state index in [1.54, 1.807) is 6.26 Å². The molecule has 28 heavy (non-hydrogen) atoms. The quantitative estimate of drug-likeness (QED) is 0.381. The summed E-state index contributed by atoms with van der Waals surface area (Å²) in [5.41, 5.74) is 4.98. The van der Waals surface area contributed by atoms with Gasteiger partial charge in [-0.25, -0.2) is 4.98 Å². The van der Waals surface area contributed by atoms with Gasteiger partial charge in [-0.1, -0.05) is 48.5 Å². The molecule has 0 amide bonds. The van der Waals surface area contributed by atoms with Crippen LogP contribution in [-0.2, 0) is 0 Å². The van der Waals surface area contributed by atoms with Gasteiger partial charge in [-0.15, -0.1) is 0 Å². The molecule has 0 bridgehead atoms. The summed E-state index contributed by atoms with van der Waals surface area (Å²) in [6, 6.07) is 24.6. The van der Waals surface area contributed by atoms with Gasteiger partial charge in [-0.3, -0.25) is 9.55 Å². The summed E-state index contributed by atoms with van der Waals surface area (Å²) in [5, 5.41) is 3.44. The van der Waals surface area contributed by atoms with Gasteiger partial charge >= 0.3 is 0 Å². The molecule has 3 heterocycles. The molecule has 0 saturated heterocycles. The zero-order valence-electron chi connectivity index (χ0n) is 14.9. The van der Waals surface area contributed by atoms with Gasteiger partial charge in [-0.2, -0.15) is 0 Å². The van der Waals surface area contributed by atoms with Crippen LogP contribution in [0.3, 0.4) is 0 Å². The van der Waals surface area contributed by atoms with E-state index >= 15 is 0 Å². The molecule has 0 unspecified atom stereocenters. The molecule has 0 atom stereocenters. The lowest BCUT2D eigenvalue weighted by Crippen LogP contribution is -1.99. The topological polar surface area (TPSA) is 43.9 Å². The highest BCUT2D eigenvalue weighted by molar-refractivity contribution is 6.17. The fourth-order valence-corrected chi connectivity index (χ4v) is 3.94. The van der Waals surface area contributed by atoms with Crippen LogP contribution < -0.4 is 0 Å². The van der Waals surface area contributed by atoms with Crippen LogP contribution in [0.25, 0.3) is 49.9 Å². The van der Waals surface area contributed by atoms with E-state index in [9.17, 15) is 0 Å². The number of fused-ring (bicyclic) bond motifs is 5. The molecule has 3 aromatic heterocycles. The van der Waals surface area contributed by atoms with E-state index in [-0.39, 0.29) is 0 Å². The molecule has 132 valence electrons. The van der Waals surface area contributed by atoms with Gasteiger partial charge in [0.1, 0.15) is 5.58 Å². The monoisotopic (exact) mass is 361 g/mol. The van der Waals surface area contributed by atoms with Gasteiger partial charge in [0.15, 0.2) is 5.82 Å². The number of aromatic nitrogens is 3. The number of para-hydroxylation sites is 1. The van der Waals surface area contributed by atoms with Gasteiger partial charge in [0, 0.05) is 21.7 Å². The number of rotatable bonds is 2. The Balaban J connectivity index is 1.66. The zero-order chi connectivity index (χ0) is 18.5. The zero-order valence-corrected chi connectivity index (χ0v) is 14.9. The first-order valence-corrected chi connectivity index (χ1v) is 9.17. The summed E-state index contributed by atoms with van der Waals surface area (Å²) in [4.78, 5) is 9.44. The minimum atomic E-state index is 0.791. The van der Waals surface area contributed by atoms with Crippen molar-refractivity contribution in [2.24, 2.45) is 0 Å². The summed E-state index contributed by atoms with van der Waals surface area (Å²) in [5.74, 6) is 0.791. The first-order chi connectivity index (χ1) is 13.9. The molecule has 6 aromatic rings. The van der Waals surface area contributed by atoms with Gasteiger partial charge in [0.2, 0.25) is 0 Å². The van der Waals surface area contributed by atoms with Crippen molar-refractivity contribution in [2.75, 3.05) is 0 Å². The van der Waals surface area contributed by atoms with E-state index in [2.05, 4.69) is 39.9 Å². The Morgan fingerprint density at radius 2 is 1.54 bits per heavy atom. The van der Waals surface area contributed by atoms with Gasteiger partial charge in [-0.05, 0) is 24.3 Å². The van der Waals surface area contributed by atoms with Crippen molar-refractivity contribution in [1.82, 2.24) is 14.5 Å². The molecular weight excluding hydrogens is 346 g/mol. The SMILES string of the molecule is c1ccc(-c2cnc(-n3c4ccccc4c4ccc5occc5c43)cn2)cc1. The fraction of sp³-hybridized carbons (Fsp3) is 0. The normalized spacial score (nSPS) is 11.6. The molecule has 0 N–H and O–H groups in total. The Hall–Kier alpha value is -3.92. The second-order valence-electron chi connectivity index (χ2n) is 6.77. The maximum atomic E-state index is 5.64. The summed E-state index contributed by atoms with van der Waals surface area (Å²) in [6.07, 6.45) is 5.41. The molecule has 0 aliphatic carbocycles. The van der Waals surface area contributed by atoms with Crippen LogP contribution in [0, 0.1) is 0 Å². The van der Waals surface area contributed by atoms with Crippen molar-refractivity contribution < 1.29 is 4.42 Å². The molecular formula is C24H15N3O. The standard InChI is InChI=1S/C24H15N3O/c1-2-6-16(7-3-1)20-14-26-23(15-25-20)27-21-9-5-4-8-17(21)18-10-11-22-19(24(18)27)12-13-28-22/h1-15H. The molecule has 0 saturated carbocycles. The van der Waals surface area contributed by atoms with Crippen LogP contribution in [0.15, 0.2) is 95.9 Å². The van der Waals surface area contributed by atoms with Crippen LogP contribution in [0.5, 0.6) is 0 Å². The lowest BCUT2D eigenvalue weighted by Gasteiger charge is -2.08. The summed E-state index contributed by atoms with van der Waals surface area (Å²) in [7, 11) is 0. The Morgan fingerprint density at radius 1 is 0.679 bits per heavy atom. The predicted molar refractivity (Wildman–Crippen MR) is 112 cm³/mol. The summed E-state index contributed by atoms with van der Waals surface area (Å²) >= 11 is 0. The smallest absolute Gasteiger partial charge is 0.156 e. The molecule has 0 spiro atoms. The van der Waals surface area contributed by atoms with E-state index < -0.39 is 0 Å². The van der Waals surface area contributed by atoms with Crippen molar-refractivity contribution in [2.45, 2.75) is 0 Å². The number of nitrogens with zero attached hydrogens (tertiary/aromatic N) is 3. The van der Waals surface area contributed by atoms with E-state index in [1.807, 2.05) is 54.9 Å². The number of hydrogen-bond donors (Lipinski definition) is 0. The largest absolute Gasteiger partial charge is 0.464 e. The van der Waals surface area contributed by atoms with Gasteiger partial charge < -0.3 is 4.42 Å². The van der Waals surface area contributed by atoms with Crippen molar-refractivity contribution in [3.63, 3.8) is 0 Å². The average Bonchev–Trinajstić information content (AvgIpc) is 3.37. The summed E-state index contributed by atoms with van der Waals surface area (Å²) in [6.45, 7) is 0. The second kappa shape index (κ2) is 5.79. The first-order valence-electron chi connectivity index (χ1n) is 9.17. The van der Waals surface area contributed by atoms with Crippen LogP contribution in [-0.4, -0.2) is 14.5 Å². The van der Waals surface area contributed by atoms with E-state index in [1.165, 1.54) is 10.8 Å². The number of furan rings is 1. The highest BCUT2D eigenvalue weighted by atomic mass is 16.3. The molecule has 4 heteroatoms. The van der Waals surface area contributed by atoms with Crippen molar-refractivity contribution >= 4 is 32.8 Å². The second-order valence-corrected chi connectivity index (χ2v) is 6.77. The van der Waals surface area contributed by atoms with Crippen LogP contribution >= 0.6 is 0 Å². The van der Waals surface area contributed by atoms with Crippen LogP contribution in [0.1, 0.15) is 0 Å². The lowest BCUT2D eigenvalue weighted by molar-refractivity contribution is 0.616. The van der Waals surface area contributed by atoms with Gasteiger partial charge in [0.05, 0.1) is 35.4 Å². The Morgan fingerprint density at radius 3 is 2.39 bits per heavy atom. The molecule has 6 rings (SSSR count). The van der Waals surface area contributed by atoms with Crippen molar-refractivity contribution in [3.05, 3.63) is 91.5 Å². The Labute approximate surface area is 160 Å². The van der Waals surface area contributed by atoms with Crippen LogP contribution in [0.4, 0.5) is 0 Å². The Kier molecular flexibility index (Phi) is 3.14. The van der Waals surface area contributed by atoms with E-state index in [0.717, 1.165) is 39.1 Å². The minimum Gasteiger partial charge on any atom is -0.464 e. The maximum absolute atomic E-state index is 5.64. The Bertz CT molecular complexity index is 1440. The molecule has 0 radical (unpaired) electrons. The molecule has 3 aromatic carbocycles. The minimum absolute atomic E-state index is 0.791. The molecule has 4 nitrogen and oxygen atoms in total. The molecule has 0 fully saturated rings. The van der Waals surface area contributed by atoms with Crippen molar-refractivity contribution in [1.29, 1.82) is 0 Å². The summed E-state index contributed by atoms with van der Waals surface area (Å²) < 4.78 is 7.81. The predicted octanol–water partition coefficient (Wildman–Crippen LogP) is 5.99. The number of hydrogen-bond acceptors (Lipinski definition) is 3. The first kappa shape index (κ1) is 15.2. The third kappa shape index (κ3) is 2.12. The highest BCUT2D eigenvalue weighted by Gasteiger charge is 2.16. The third-order valence-corrected chi connectivity index (χ3v) is 5.20. The molecule has 0 aliphatic rings. The molecule has 0 aliphatic heterocycles. The average molecular weight is 361 g/mol. The van der Waals surface area contributed by atoms with Gasteiger partial charge in [0.25, 0.3) is 0 Å². The fourth-order valence-electron chi connectivity index (χ4n) is 3.94. The third-order valence-electron chi connectivity index (χ3n) is 5.20. The van der Waals surface area contributed by atoms with Crippen molar-refractivity contribution in [3.8, 4) is 17.1 Å². The maximum Gasteiger partial charge on any atom is 0.156 e. The number of benzene rings is 3. The van der Waals surface area contributed by atoms with E-state index in [0.29, 0.717) is 0 Å². The lowest BCUT2D eigenvalue weighted by atomic mass is 10.1. The van der Waals surface area contributed by atoms with Crippen LogP contribution in [0.2, 0.25) is 0 Å².